The highest BCUT2D eigenvalue weighted by molar-refractivity contribution is 9.10. The topological polar surface area (TPSA) is 79.3 Å². The van der Waals surface area contributed by atoms with E-state index in [1.165, 1.54) is 0 Å². The van der Waals surface area contributed by atoms with Gasteiger partial charge in [0.25, 0.3) is 5.91 Å². The fourth-order valence-electron chi connectivity index (χ4n) is 4.40. The zero-order valence-corrected chi connectivity index (χ0v) is 21.6. The van der Waals surface area contributed by atoms with Crippen LogP contribution in [0, 0.1) is 6.92 Å². The minimum Gasteiger partial charge on any atom is -0.481 e. The average Bonchev–Trinajstić information content (AvgIpc) is 2.83. The normalized spacial score (nSPS) is 12.8. The Bertz CT molecular complexity index is 1410. The number of aliphatic carboxylic acids is 1. The molecule has 4 aromatic rings. The number of amides is 1. The summed E-state index contributed by atoms with van der Waals surface area (Å²) in [4.78, 5) is 30.3. The number of carboxylic acids is 1. The van der Waals surface area contributed by atoms with Crippen LogP contribution >= 0.6 is 27.5 Å². The smallest absolute Gasteiger partial charge is 0.304 e. The lowest BCUT2D eigenvalue weighted by Crippen LogP contribution is -2.38. The molecule has 5 nitrogen and oxygen atoms in total. The molecule has 0 aliphatic heterocycles. The van der Waals surface area contributed by atoms with E-state index in [1.807, 2.05) is 68.4 Å². The van der Waals surface area contributed by atoms with Gasteiger partial charge in [0.15, 0.2) is 0 Å². The van der Waals surface area contributed by atoms with Gasteiger partial charge in [-0.2, -0.15) is 0 Å². The third-order valence-corrected chi connectivity index (χ3v) is 6.96. The highest BCUT2D eigenvalue weighted by Gasteiger charge is 2.27. The van der Waals surface area contributed by atoms with E-state index in [4.69, 9.17) is 16.6 Å². The summed E-state index contributed by atoms with van der Waals surface area (Å²) in [6.45, 7) is 3.69. The zero-order valence-electron chi connectivity index (χ0n) is 19.3. The van der Waals surface area contributed by atoms with Gasteiger partial charge in [0.2, 0.25) is 0 Å². The number of hydrogen-bond acceptors (Lipinski definition) is 3. The van der Waals surface area contributed by atoms with Crippen LogP contribution in [0.25, 0.3) is 22.2 Å². The second kappa shape index (κ2) is 10.6. The van der Waals surface area contributed by atoms with Gasteiger partial charge in [0, 0.05) is 32.4 Å². The molecule has 1 amide bonds. The standard InChI is InChI=1S/C28H24BrClN2O3/c1-16-26(22-14-19(29)12-13-24(22)32-27(16)18-8-4-3-5-9-18)28(35)31-17(2)21(15-25(33)34)20-10-6-7-11-23(20)30/h3-14,17,21H,15H2,1-2H3,(H,31,35)(H,33,34). The Kier molecular flexibility index (Phi) is 7.53. The molecule has 2 unspecified atom stereocenters. The molecular weight excluding hydrogens is 528 g/mol. The van der Waals surface area contributed by atoms with Crippen LogP contribution in [0.5, 0.6) is 0 Å². The number of hydrogen-bond donors (Lipinski definition) is 2. The molecule has 1 heterocycles. The van der Waals surface area contributed by atoms with Crippen molar-refractivity contribution in [2.24, 2.45) is 0 Å². The number of halogens is 2. The molecule has 0 bridgehead atoms. The second-order valence-electron chi connectivity index (χ2n) is 8.48. The van der Waals surface area contributed by atoms with Crippen molar-refractivity contribution in [2.75, 3.05) is 0 Å². The molecule has 3 aromatic carbocycles. The maximum atomic E-state index is 13.8. The molecular formula is C28H24BrClN2O3. The summed E-state index contributed by atoms with van der Waals surface area (Å²) in [6, 6.07) is 22.0. The van der Waals surface area contributed by atoms with E-state index in [-0.39, 0.29) is 12.3 Å². The van der Waals surface area contributed by atoms with Crippen molar-refractivity contribution in [3.63, 3.8) is 0 Å². The highest BCUT2D eigenvalue weighted by Crippen LogP contribution is 2.33. The van der Waals surface area contributed by atoms with E-state index in [9.17, 15) is 14.7 Å². The van der Waals surface area contributed by atoms with Crippen molar-refractivity contribution in [1.29, 1.82) is 0 Å². The number of pyridine rings is 1. The molecule has 0 radical (unpaired) electrons. The summed E-state index contributed by atoms with van der Waals surface area (Å²) in [6.07, 6.45) is -0.165. The third kappa shape index (κ3) is 5.39. The molecule has 178 valence electrons. The van der Waals surface area contributed by atoms with Gasteiger partial charge in [0.05, 0.1) is 23.2 Å². The van der Waals surface area contributed by atoms with Gasteiger partial charge in [-0.3, -0.25) is 9.59 Å². The Labute approximate surface area is 217 Å². The van der Waals surface area contributed by atoms with Gasteiger partial charge in [-0.1, -0.05) is 76.1 Å². The number of benzene rings is 3. The summed E-state index contributed by atoms with van der Waals surface area (Å²) in [7, 11) is 0. The molecule has 2 N–H and O–H groups in total. The molecule has 0 aliphatic carbocycles. The first-order valence-corrected chi connectivity index (χ1v) is 12.4. The maximum Gasteiger partial charge on any atom is 0.304 e. The first-order valence-electron chi connectivity index (χ1n) is 11.2. The number of carbonyl (C=O) groups excluding carboxylic acids is 1. The lowest BCUT2D eigenvalue weighted by Gasteiger charge is -2.26. The minimum atomic E-state index is -0.961. The third-order valence-electron chi connectivity index (χ3n) is 6.13. The largest absolute Gasteiger partial charge is 0.481 e. The summed E-state index contributed by atoms with van der Waals surface area (Å²) in [5, 5.41) is 13.8. The zero-order chi connectivity index (χ0) is 25.1. The molecule has 0 aliphatic rings. The van der Waals surface area contributed by atoms with Crippen LogP contribution in [0.4, 0.5) is 0 Å². The van der Waals surface area contributed by atoms with Crippen molar-refractivity contribution < 1.29 is 14.7 Å². The van der Waals surface area contributed by atoms with Crippen LogP contribution in [0.1, 0.15) is 40.7 Å². The fourth-order valence-corrected chi connectivity index (χ4v) is 5.04. The van der Waals surface area contributed by atoms with Gasteiger partial charge >= 0.3 is 5.97 Å². The van der Waals surface area contributed by atoms with Crippen molar-refractivity contribution in [3.8, 4) is 11.3 Å². The summed E-state index contributed by atoms with van der Waals surface area (Å²) in [5.74, 6) is -1.75. The second-order valence-corrected chi connectivity index (χ2v) is 9.80. The highest BCUT2D eigenvalue weighted by atomic mass is 79.9. The lowest BCUT2D eigenvalue weighted by molar-refractivity contribution is -0.137. The number of carbonyl (C=O) groups is 2. The summed E-state index contributed by atoms with van der Waals surface area (Å²) < 4.78 is 0.834. The van der Waals surface area contributed by atoms with Crippen molar-refractivity contribution in [2.45, 2.75) is 32.2 Å². The average molecular weight is 552 g/mol. The molecule has 4 rings (SSSR count). The molecule has 0 spiro atoms. The van der Waals surface area contributed by atoms with E-state index in [1.54, 1.807) is 18.2 Å². The first kappa shape index (κ1) is 24.9. The molecule has 0 fully saturated rings. The fraction of sp³-hybridized carbons (Fsp3) is 0.179. The van der Waals surface area contributed by atoms with Crippen molar-refractivity contribution in [3.05, 3.63) is 99.0 Å². The van der Waals surface area contributed by atoms with E-state index in [0.29, 0.717) is 27.1 Å². The van der Waals surface area contributed by atoms with Crippen LogP contribution in [0.2, 0.25) is 5.02 Å². The Balaban J connectivity index is 1.78. The predicted octanol–water partition coefficient (Wildman–Crippen LogP) is 7.00. The van der Waals surface area contributed by atoms with Gasteiger partial charge in [-0.05, 0) is 49.2 Å². The quantitative estimate of drug-likeness (QED) is 0.259. The van der Waals surface area contributed by atoms with Crippen molar-refractivity contribution >= 4 is 50.3 Å². The van der Waals surface area contributed by atoms with Crippen LogP contribution in [-0.2, 0) is 4.79 Å². The van der Waals surface area contributed by atoms with Crippen LogP contribution in [0.15, 0.2) is 77.3 Å². The van der Waals surface area contributed by atoms with Gasteiger partial charge in [0.1, 0.15) is 0 Å². The Hall–Kier alpha value is -3.22. The van der Waals surface area contributed by atoms with E-state index < -0.39 is 17.9 Å². The molecule has 2 atom stereocenters. The Morgan fingerprint density at radius 3 is 2.43 bits per heavy atom. The predicted molar refractivity (Wildman–Crippen MR) is 143 cm³/mol. The number of carboxylic acid groups (broad SMARTS) is 1. The summed E-state index contributed by atoms with van der Waals surface area (Å²) in [5.41, 5.74) is 4.29. The molecule has 0 saturated carbocycles. The molecule has 0 saturated heterocycles. The molecule has 1 aromatic heterocycles. The number of aromatic nitrogens is 1. The Morgan fingerprint density at radius 1 is 1.06 bits per heavy atom. The van der Waals surface area contributed by atoms with Gasteiger partial charge < -0.3 is 10.4 Å². The van der Waals surface area contributed by atoms with E-state index >= 15 is 0 Å². The maximum absolute atomic E-state index is 13.8. The van der Waals surface area contributed by atoms with E-state index in [0.717, 1.165) is 21.3 Å². The summed E-state index contributed by atoms with van der Waals surface area (Å²) >= 11 is 9.89. The molecule has 35 heavy (non-hydrogen) atoms. The molecule has 7 heteroatoms. The van der Waals surface area contributed by atoms with Crippen LogP contribution < -0.4 is 5.32 Å². The van der Waals surface area contributed by atoms with Crippen LogP contribution in [0.3, 0.4) is 0 Å². The number of nitrogens with zero attached hydrogens (tertiary/aromatic N) is 1. The first-order chi connectivity index (χ1) is 16.8. The van der Waals surface area contributed by atoms with E-state index in [2.05, 4.69) is 21.2 Å². The Morgan fingerprint density at radius 2 is 1.74 bits per heavy atom. The SMILES string of the molecule is Cc1c(-c2ccccc2)nc2ccc(Br)cc2c1C(=O)NC(C)C(CC(=O)O)c1ccccc1Cl. The monoisotopic (exact) mass is 550 g/mol. The lowest BCUT2D eigenvalue weighted by atomic mass is 9.88. The van der Waals surface area contributed by atoms with Gasteiger partial charge in [-0.25, -0.2) is 4.98 Å². The van der Waals surface area contributed by atoms with Crippen LogP contribution in [-0.4, -0.2) is 28.0 Å². The number of fused-ring (bicyclic) bond motifs is 1. The van der Waals surface area contributed by atoms with Gasteiger partial charge in [-0.15, -0.1) is 0 Å². The minimum absolute atomic E-state index is 0.165. The van der Waals surface area contributed by atoms with Crippen molar-refractivity contribution in [1.82, 2.24) is 10.3 Å². The number of rotatable bonds is 7. The number of nitrogens with one attached hydrogen (secondary N) is 1.